The van der Waals surface area contributed by atoms with Gasteiger partial charge in [-0.1, -0.05) is 0 Å². The number of aliphatic hydroxyl groups is 1. The summed E-state index contributed by atoms with van der Waals surface area (Å²) in [7, 11) is 0. The average Bonchev–Trinajstić information content (AvgIpc) is 2.42. The Morgan fingerprint density at radius 2 is 2.15 bits per heavy atom. The molecule has 0 saturated carbocycles. The van der Waals surface area contributed by atoms with Gasteiger partial charge in [-0.15, -0.1) is 0 Å². The van der Waals surface area contributed by atoms with E-state index < -0.39 is 24.3 Å². The first-order valence-corrected chi connectivity index (χ1v) is 6.20. The molecule has 0 radical (unpaired) electrons. The lowest BCUT2D eigenvalue weighted by Gasteiger charge is -2.19. The van der Waals surface area contributed by atoms with Gasteiger partial charge in [-0.3, -0.25) is 0 Å². The van der Waals surface area contributed by atoms with E-state index in [9.17, 15) is 13.9 Å². The first-order valence-electron chi connectivity index (χ1n) is 5.82. The molecule has 1 aromatic carbocycles. The second-order valence-electron chi connectivity index (χ2n) is 4.22. The fraction of sp³-hybridized carbons (Fsp3) is 0.231. The number of anilines is 1. The normalized spacial score (nSPS) is 12.2. The lowest BCUT2D eigenvalue weighted by Crippen LogP contribution is -2.18. The Bertz CT molecular complexity index is 625. The third-order valence-corrected chi connectivity index (χ3v) is 2.95. The Morgan fingerprint density at radius 3 is 2.85 bits per heavy atom. The summed E-state index contributed by atoms with van der Waals surface area (Å²) >= 11 is 5.69. The predicted molar refractivity (Wildman–Crippen MR) is 71.6 cm³/mol. The molecule has 0 aliphatic rings. The van der Waals surface area contributed by atoms with Gasteiger partial charge < -0.3 is 10.4 Å². The highest BCUT2D eigenvalue weighted by Crippen LogP contribution is 2.23. The van der Waals surface area contributed by atoms with Crippen LogP contribution in [0, 0.1) is 18.6 Å². The van der Waals surface area contributed by atoms with Gasteiger partial charge in [0.05, 0.1) is 12.6 Å². The van der Waals surface area contributed by atoms with Crippen LogP contribution in [-0.4, -0.2) is 21.7 Å². The van der Waals surface area contributed by atoms with E-state index in [0.717, 1.165) is 18.2 Å². The number of aryl methyl sites for hydroxylation is 1. The van der Waals surface area contributed by atoms with Crippen molar-refractivity contribution in [2.75, 3.05) is 11.9 Å². The number of halogens is 3. The van der Waals surface area contributed by atoms with E-state index in [1.54, 1.807) is 6.92 Å². The monoisotopic (exact) mass is 299 g/mol. The molecule has 1 aromatic heterocycles. The van der Waals surface area contributed by atoms with Crippen molar-refractivity contribution in [2.24, 2.45) is 0 Å². The molecule has 7 heteroatoms. The highest BCUT2D eigenvalue weighted by Gasteiger charge is 2.17. The van der Waals surface area contributed by atoms with E-state index in [-0.39, 0.29) is 10.8 Å². The molecule has 0 aliphatic carbocycles. The van der Waals surface area contributed by atoms with Crippen molar-refractivity contribution in [1.82, 2.24) is 9.97 Å². The Labute approximate surface area is 119 Å². The maximum absolute atomic E-state index is 13.7. The Kier molecular flexibility index (Phi) is 4.46. The Hall–Kier alpha value is -1.79. The largest absolute Gasteiger partial charge is 0.394 e. The standard InChI is InChI=1S/C13H12ClF2N3O/c1-7-5-17-13(14)19-12(7)18-11(6-20)9-4-8(15)2-3-10(9)16/h2-5,11,20H,6H2,1H3,(H,17,18,19)/t11-/m1/s1. The average molecular weight is 300 g/mol. The van der Waals surface area contributed by atoms with Crippen molar-refractivity contribution >= 4 is 17.4 Å². The van der Waals surface area contributed by atoms with Gasteiger partial charge in [-0.25, -0.2) is 18.7 Å². The molecule has 0 bridgehead atoms. The first kappa shape index (κ1) is 14.6. The summed E-state index contributed by atoms with van der Waals surface area (Å²) < 4.78 is 26.9. The zero-order chi connectivity index (χ0) is 14.7. The number of rotatable bonds is 4. The third kappa shape index (κ3) is 3.20. The molecule has 2 rings (SSSR count). The van der Waals surface area contributed by atoms with Crippen LogP contribution in [0.4, 0.5) is 14.6 Å². The quantitative estimate of drug-likeness (QED) is 0.852. The first-order chi connectivity index (χ1) is 9.51. The van der Waals surface area contributed by atoms with E-state index in [0.29, 0.717) is 11.4 Å². The summed E-state index contributed by atoms with van der Waals surface area (Å²) in [6.07, 6.45) is 1.49. The summed E-state index contributed by atoms with van der Waals surface area (Å²) in [6.45, 7) is 1.30. The molecule has 20 heavy (non-hydrogen) atoms. The van der Waals surface area contributed by atoms with Crippen molar-refractivity contribution in [3.63, 3.8) is 0 Å². The number of hydrogen-bond acceptors (Lipinski definition) is 4. The van der Waals surface area contributed by atoms with Crippen molar-refractivity contribution < 1.29 is 13.9 Å². The third-order valence-electron chi connectivity index (χ3n) is 2.77. The molecule has 2 N–H and O–H groups in total. The maximum Gasteiger partial charge on any atom is 0.224 e. The molecule has 2 aromatic rings. The van der Waals surface area contributed by atoms with Crippen LogP contribution in [0.25, 0.3) is 0 Å². The zero-order valence-electron chi connectivity index (χ0n) is 10.6. The molecule has 1 atom stereocenters. The summed E-state index contributed by atoms with van der Waals surface area (Å²) in [5.74, 6) is -0.845. The topological polar surface area (TPSA) is 58.0 Å². The number of hydrogen-bond donors (Lipinski definition) is 2. The lowest BCUT2D eigenvalue weighted by molar-refractivity contribution is 0.273. The molecular formula is C13H12ClF2N3O. The van der Waals surface area contributed by atoms with Crippen molar-refractivity contribution in [1.29, 1.82) is 0 Å². The van der Waals surface area contributed by atoms with Crippen LogP contribution in [0.2, 0.25) is 5.28 Å². The molecule has 106 valence electrons. The van der Waals surface area contributed by atoms with Gasteiger partial charge in [-0.05, 0) is 36.7 Å². The number of nitrogens with one attached hydrogen (secondary N) is 1. The lowest BCUT2D eigenvalue weighted by atomic mass is 10.1. The molecule has 0 unspecified atom stereocenters. The number of aromatic nitrogens is 2. The SMILES string of the molecule is Cc1cnc(Cl)nc1N[C@H](CO)c1cc(F)ccc1F. The molecule has 0 fully saturated rings. The fourth-order valence-electron chi connectivity index (χ4n) is 1.74. The summed E-state index contributed by atoms with van der Waals surface area (Å²) in [6, 6.07) is 2.21. The number of nitrogens with zero attached hydrogens (tertiary/aromatic N) is 2. The van der Waals surface area contributed by atoms with E-state index in [4.69, 9.17) is 11.6 Å². The van der Waals surface area contributed by atoms with Crippen molar-refractivity contribution in [3.05, 3.63) is 52.4 Å². The van der Waals surface area contributed by atoms with Gasteiger partial charge in [0.25, 0.3) is 0 Å². The maximum atomic E-state index is 13.7. The van der Waals surface area contributed by atoms with Gasteiger partial charge in [0.2, 0.25) is 5.28 Å². The summed E-state index contributed by atoms with van der Waals surface area (Å²) in [5.41, 5.74) is 0.686. The Morgan fingerprint density at radius 1 is 1.40 bits per heavy atom. The Balaban J connectivity index is 2.33. The van der Waals surface area contributed by atoms with Crippen LogP contribution in [0.1, 0.15) is 17.2 Å². The molecular weight excluding hydrogens is 288 g/mol. The van der Waals surface area contributed by atoms with Gasteiger partial charge >= 0.3 is 0 Å². The summed E-state index contributed by atoms with van der Waals surface area (Å²) in [4.78, 5) is 7.75. The summed E-state index contributed by atoms with van der Waals surface area (Å²) in [5, 5.41) is 12.2. The fourth-order valence-corrected chi connectivity index (χ4v) is 1.87. The molecule has 0 saturated heterocycles. The minimum absolute atomic E-state index is 0.0154. The van der Waals surface area contributed by atoms with Crippen LogP contribution in [0.15, 0.2) is 24.4 Å². The van der Waals surface area contributed by atoms with Gasteiger partial charge in [0.1, 0.15) is 17.5 Å². The van der Waals surface area contributed by atoms with E-state index in [1.807, 2.05) is 0 Å². The second-order valence-corrected chi connectivity index (χ2v) is 4.55. The molecule has 0 spiro atoms. The number of benzene rings is 1. The van der Waals surface area contributed by atoms with Gasteiger partial charge in [0.15, 0.2) is 0 Å². The molecule has 0 aliphatic heterocycles. The van der Waals surface area contributed by atoms with Gasteiger partial charge in [-0.2, -0.15) is 0 Å². The van der Waals surface area contributed by atoms with Crippen LogP contribution >= 0.6 is 11.6 Å². The van der Waals surface area contributed by atoms with Crippen molar-refractivity contribution in [3.8, 4) is 0 Å². The zero-order valence-corrected chi connectivity index (χ0v) is 11.3. The van der Waals surface area contributed by atoms with Crippen LogP contribution in [0.3, 0.4) is 0 Å². The predicted octanol–water partition coefficient (Wildman–Crippen LogP) is 2.86. The highest BCUT2D eigenvalue weighted by molar-refractivity contribution is 6.28. The molecule has 1 heterocycles. The van der Waals surface area contributed by atoms with Crippen LogP contribution in [0.5, 0.6) is 0 Å². The molecule has 0 amide bonds. The van der Waals surface area contributed by atoms with E-state index in [2.05, 4.69) is 15.3 Å². The minimum atomic E-state index is -0.838. The molecule has 4 nitrogen and oxygen atoms in total. The minimum Gasteiger partial charge on any atom is -0.394 e. The van der Waals surface area contributed by atoms with E-state index >= 15 is 0 Å². The second kappa shape index (κ2) is 6.11. The van der Waals surface area contributed by atoms with Crippen molar-refractivity contribution in [2.45, 2.75) is 13.0 Å². The van der Waals surface area contributed by atoms with Crippen LogP contribution < -0.4 is 5.32 Å². The smallest absolute Gasteiger partial charge is 0.224 e. The highest BCUT2D eigenvalue weighted by atomic mass is 35.5. The number of aliphatic hydroxyl groups excluding tert-OH is 1. The van der Waals surface area contributed by atoms with E-state index in [1.165, 1.54) is 6.20 Å². The van der Waals surface area contributed by atoms with Crippen LogP contribution in [-0.2, 0) is 0 Å². The van der Waals surface area contributed by atoms with Gasteiger partial charge in [0, 0.05) is 17.3 Å².